The van der Waals surface area contributed by atoms with Gasteiger partial charge in [-0.15, -0.1) is 0 Å². The van der Waals surface area contributed by atoms with E-state index < -0.39 is 24.6 Å². The van der Waals surface area contributed by atoms with E-state index in [1.54, 1.807) is 0 Å². The van der Waals surface area contributed by atoms with E-state index in [-0.39, 0.29) is 12.7 Å². The molecule has 0 aromatic rings. The molecule has 5 nitrogen and oxygen atoms in total. The molecule has 1 saturated heterocycles. The molecule has 4 aliphatic carbocycles. The minimum absolute atomic E-state index is 0.00582. The van der Waals surface area contributed by atoms with Crippen LogP contribution in [0.5, 0.6) is 0 Å². The van der Waals surface area contributed by atoms with Crippen LogP contribution in [0.2, 0.25) is 0 Å². The number of aliphatic hydroxyl groups is 3. The fourth-order valence-electron chi connectivity index (χ4n) is 9.66. The fourth-order valence-corrected chi connectivity index (χ4v) is 9.66. The Kier molecular flexibility index (Phi) is 8.23. The Balaban J connectivity index is 1.25. The zero-order valence-electron chi connectivity index (χ0n) is 24.1. The number of aliphatic hydroxyl groups excluding tert-OH is 3. The normalized spacial score (nSPS) is 46.9. The summed E-state index contributed by atoms with van der Waals surface area (Å²) in [5.74, 6) is 3.85. The Morgan fingerprint density at radius 3 is 2.49 bits per heavy atom. The second-order valence-electron chi connectivity index (χ2n) is 14.5. The molecule has 11 atom stereocenters. The van der Waals surface area contributed by atoms with Gasteiger partial charge < -0.3 is 24.8 Å². The lowest BCUT2D eigenvalue weighted by atomic mass is 9.48. The third-order valence-electron chi connectivity index (χ3n) is 11.9. The third-order valence-corrected chi connectivity index (χ3v) is 11.9. The molecule has 0 aromatic heterocycles. The number of fused-ring (bicyclic) bond motifs is 4. The molecule has 1 heterocycles. The van der Waals surface area contributed by atoms with Crippen molar-refractivity contribution in [3.63, 3.8) is 0 Å². The predicted molar refractivity (Wildman–Crippen MR) is 146 cm³/mol. The topological polar surface area (TPSA) is 79.2 Å². The highest BCUT2D eigenvalue weighted by atomic mass is 16.7. The van der Waals surface area contributed by atoms with Crippen LogP contribution in [-0.4, -0.2) is 52.6 Å². The average molecular weight is 519 g/mol. The van der Waals surface area contributed by atoms with Gasteiger partial charge in [-0.1, -0.05) is 65.0 Å². The minimum Gasteiger partial charge on any atom is -0.388 e. The van der Waals surface area contributed by atoms with Gasteiger partial charge in [-0.2, -0.15) is 0 Å². The van der Waals surface area contributed by atoms with Crippen molar-refractivity contribution in [3.8, 4) is 0 Å². The molecule has 1 aliphatic heterocycles. The van der Waals surface area contributed by atoms with Crippen molar-refractivity contribution in [2.45, 2.75) is 142 Å². The highest BCUT2D eigenvalue weighted by Gasteiger charge is 2.56. The molecule has 0 aromatic carbocycles. The molecule has 0 radical (unpaired) electrons. The van der Waals surface area contributed by atoms with Crippen LogP contribution in [0.3, 0.4) is 0 Å². The SMILES string of the molecule is CC(C)CCC[C@@H](C)[C@H]1CCC2=C3CC[C@H]4C[C@@H](O[C@@H]5OC[C@@H](O)[C@H](O)[C@H]5O)CC[C@]4(C)[C@H]3CC[C@@]21C. The molecule has 5 rings (SSSR count). The number of rotatable bonds is 7. The molecule has 5 aliphatic rings. The molecule has 3 N–H and O–H groups in total. The van der Waals surface area contributed by atoms with Crippen molar-refractivity contribution in [1.82, 2.24) is 0 Å². The summed E-state index contributed by atoms with van der Waals surface area (Å²) >= 11 is 0. The van der Waals surface area contributed by atoms with Crippen LogP contribution in [0.4, 0.5) is 0 Å². The average Bonchev–Trinajstić information content (AvgIpc) is 3.21. The van der Waals surface area contributed by atoms with Crippen LogP contribution in [0, 0.1) is 40.4 Å². The summed E-state index contributed by atoms with van der Waals surface area (Å²) < 4.78 is 11.8. The highest BCUT2D eigenvalue weighted by Crippen LogP contribution is 2.66. The van der Waals surface area contributed by atoms with Crippen LogP contribution in [-0.2, 0) is 9.47 Å². The second kappa shape index (κ2) is 10.8. The van der Waals surface area contributed by atoms with Crippen LogP contribution < -0.4 is 0 Å². The number of hydrogen-bond acceptors (Lipinski definition) is 5. The Hall–Kier alpha value is -0.460. The molecule has 0 bridgehead atoms. The summed E-state index contributed by atoms with van der Waals surface area (Å²) in [5.41, 5.74) is 4.48. The number of allylic oxidation sites excluding steroid dienone is 2. The first-order valence-corrected chi connectivity index (χ1v) is 15.6. The zero-order chi connectivity index (χ0) is 26.5. The molecular formula is C32H54O5. The third kappa shape index (κ3) is 5.10. The molecule has 212 valence electrons. The van der Waals surface area contributed by atoms with Crippen molar-refractivity contribution in [1.29, 1.82) is 0 Å². The van der Waals surface area contributed by atoms with E-state index in [9.17, 15) is 15.3 Å². The summed E-state index contributed by atoms with van der Waals surface area (Å²) in [6.45, 7) is 12.4. The zero-order valence-corrected chi connectivity index (χ0v) is 24.1. The maximum atomic E-state index is 10.4. The largest absolute Gasteiger partial charge is 0.388 e. The Morgan fingerprint density at radius 1 is 0.946 bits per heavy atom. The van der Waals surface area contributed by atoms with E-state index in [1.165, 1.54) is 57.8 Å². The van der Waals surface area contributed by atoms with E-state index in [4.69, 9.17) is 9.47 Å². The summed E-state index contributed by atoms with van der Waals surface area (Å²) in [4.78, 5) is 0. The molecule has 5 heteroatoms. The van der Waals surface area contributed by atoms with Crippen LogP contribution >= 0.6 is 0 Å². The molecule has 37 heavy (non-hydrogen) atoms. The van der Waals surface area contributed by atoms with E-state index in [1.807, 2.05) is 11.1 Å². The van der Waals surface area contributed by atoms with Crippen molar-refractivity contribution in [2.75, 3.05) is 6.61 Å². The minimum atomic E-state index is -1.21. The van der Waals surface area contributed by atoms with Gasteiger partial charge in [0.05, 0.1) is 12.7 Å². The van der Waals surface area contributed by atoms with Gasteiger partial charge in [-0.25, -0.2) is 0 Å². The fraction of sp³-hybridized carbons (Fsp3) is 0.938. The lowest BCUT2D eigenvalue weighted by molar-refractivity contribution is -0.288. The quantitative estimate of drug-likeness (QED) is 0.285. The highest BCUT2D eigenvalue weighted by molar-refractivity contribution is 5.34. The van der Waals surface area contributed by atoms with Crippen molar-refractivity contribution in [3.05, 3.63) is 11.1 Å². The molecule has 0 spiro atoms. The first kappa shape index (κ1) is 28.1. The Morgan fingerprint density at radius 2 is 1.73 bits per heavy atom. The van der Waals surface area contributed by atoms with E-state index >= 15 is 0 Å². The predicted octanol–water partition coefficient (Wildman–Crippen LogP) is 6.00. The Labute approximate surface area is 225 Å². The molecule has 0 unspecified atom stereocenters. The van der Waals surface area contributed by atoms with Gasteiger partial charge in [0.1, 0.15) is 18.3 Å². The molecule has 4 fully saturated rings. The maximum absolute atomic E-state index is 10.4. The summed E-state index contributed by atoms with van der Waals surface area (Å²) in [7, 11) is 0. The van der Waals surface area contributed by atoms with Gasteiger partial charge >= 0.3 is 0 Å². The number of ether oxygens (including phenoxy) is 2. The molecular weight excluding hydrogens is 464 g/mol. The van der Waals surface area contributed by atoms with Crippen LogP contribution in [0.1, 0.15) is 112 Å². The molecule has 3 saturated carbocycles. The second-order valence-corrected chi connectivity index (χ2v) is 14.5. The van der Waals surface area contributed by atoms with E-state index in [0.29, 0.717) is 16.7 Å². The number of hydrogen-bond donors (Lipinski definition) is 3. The summed E-state index contributed by atoms with van der Waals surface area (Å²) in [5, 5.41) is 30.2. The van der Waals surface area contributed by atoms with Crippen molar-refractivity contribution < 1.29 is 24.8 Å². The van der Waals surface area contributed by atoms with E-state index in [0.717, 1.165) is 42.9 Å². The lowest BCUT2D eigenvalue weighted by Gasteiger charge is -2.57. The van der Waals surface area contributed by atoms with Crippen molar-refractivity contribution >= 4 is 0 Å². The summed E-state index contributed by atoms with van der Waals surface area (Å²) in [6.07, 6.45) is 11.0. The monoisotopic (exact) mass is 518 g/mol. The van der Waals surface area contributed by atoms with Gasteiger partial charge in [-0.3, -0.25) is 0 Å². The smallest absolute Gasteiger partial charge is 0.186 e. The summed E-state index contributed by atoms with van der Waals surface area (Å²) in [6, 6.07) is 0. The molecule has 0 amide bonds. The van der Waals surface area contributed by atoms with Gasteiger partial charge in [0.2, 0.25) is 0 Å². The Bertz CT molecular complexity index is 839. The van der Waals surface area contributed by atoms with Crippen LogP contribution in [0.25, 0.3) is 0 Å². The maximum Gasteiger partial charge on any atom is 0.186 e. The van der Waals surface area contributed by atoms with E-state index in [2.05, 4.69) is 34.6 Å². The standard InChI is InChI=1S/C32H54O5/c1-19(2)7-6-8-20(3)24-11-12-25-23-10-9-21-17-22(37-30-29(35)28(34)27(33)18-36-30)13-15-31(21,4)26(23)14-16-32(24,25)5/h19-22,24,26-30,33-35H,6-18H2,1-5H3/t20-,21+,22+,24-,26+,27-,28+,29-,30+,31+,32-/m1/s1. The van der Waals surface area contributed by atoms with Crippen molar-refractivity contribution in [2.24, 2.45) is 40.4 Å². The lowest BCUT2D eigenvalue weighted by Crippen LogP contribution is -2.55. The van der Waals surface area contributed by atoms with Gasteiger partial charge in [-0.05, 0) is 98.2 Å². The van der Waals surface area contributed by atoms with Gasteiger partial charge in [0, 0.05) is 0 Å². The first-order valence-electron chi connectivity index (χ1n) is 15.6. The first-order chi connectivity index (χ1) is 17.5. The van der Waals surface area contributed by atoms with Crippen LogP contribution in [0.15, 0.2) is 11.1 Å². The van der Waals surface area contributed by atoms with Gasteiger partial charge in [0.15, 0.2) is 6.29 Å². The van der Waals surface area contributed by atoms with Gasteiger partial charge in [0.25, 0.3) is 0 Å².